The van der Waals surface area contributed by atoms with Gasteiger partial charge in [-0.15, -0.1) is 0 Å². The van der Waals surface area contributed by atoms with Crippen LogP contribution in [-0.4, -0.2) is 28.1 Å². The van der Waals surface area contributed by atoms with E-state index in [1.165, 1.54) is 11.8 Å². The van der Waals surface area contributed by atoms with E-state index in [4.69, 9.17) is 27.6 Å². The fraction of sp³-hybridized carbons (Fsp3) is 0.300. The molecule has 1 aromatic heterocycles. The number of nitrogens with zero attached hydrogens (tertiary/aromatic N) is 2. The van der Waals surface area contributed by atoms with E-state index in [1.807, 2.05) is 39.8 Å². The van der Waals surface area contributed by atoms with Crippen molar-refractivity contribution < 1.29 is 9.21 Å². The topological polar surface area (TPSA) is 45.8 Å². The molecule has 142 valence electrons. The Morgan fingerprint density at radius 3 is 2.56 bits per heavy atom. The number of hydrogen-bond acceptors (Lipinski definition) is 4. The Balaban J connectivity index is 1.92. The second kappa shape index (κ2) is 8.13. The van der Waals surface area contributed by atoms with Crippen LogP contribution in [0.15, 0.2) is 44.6 Å². The Kier molecular flexibility index (Phi) is 6.04. The Hall–Kier alpha value is -1.69. The first-order valence-electron chi connectivity index (χ1n) is 8.62. The molecule has 0 spiro atoms. The minimum Gasteiger partial charge on any atom is -0.457 e. The molecule has 3 rings (SSSR count). The third kappa shape index (κ3) is 4.42. The van der Waals surface area contributed by atoms with Crippen LogP contribution in [0.1, 0.15) is 33.5 Å². The van der Waals surface area contributed by atoms with Crippen molar-refractivity contribution in [3.8, 4) is 11.3 Å². The lowest BCUT2D eigenvalue weighted by atomic mass is 10.2. The molecule has 0 unspecified atom stereocenters. The molecule has 0 atom stereocenters. The van der Waals surface area contributed by atoms with Crippen molar-refractivity contribution in [1.29, 1.82) is 0 Å². The molecule has 0 N–H and O–H groups in total. The predicted molar refractivity (Wildman–Crippen MR) is 114 cm³/mol. The quantitative estimate of drug-likeness (QED) is 0.539. The molecule has 0 bridgehead atoms. The molecule has 1 aliphatic heterocycles. The number of amides is 1. The predicted octanol–water partition coefficient (Wildman–Crippen LogP) is 6.34. The van der Waals surface area contributed by atoms with E-state index < -0.39 is 0 Å². The number of furan rings is 1. The summed E-state index contributed by atoms with van der Waals surface area (Å²) < 4.78 is 5.88. The monoisotopic (exact) mass is 422 g/mol. The summed E-state index contributed by atoms with van der Waals surface area (Å²) >= 11 is 13.7. The van der Waals surface area contributed by atoms with E-state index >= 15 is 0 Å². The molecular weight excluding hydrogens is 403 g/mol. The zero-order valence-electron chi connectivity index (χ0n) is 15.5. The maximum absolute atomic E-state index is 12.8. The molecule has 2 heterocycles. The average molecular weight is 423 g/mol. The molecule has 1 amide bonds. The molecule has 0 saturated carbocycles. The summed E-state index contributed by atoms with van der Waals surface area (Å²) in [7, 11) is 0. The minimum atomic E-state index is -0.0619. The minimum absolute atomic E-state index is 0.0332. The van der Waals surface area contributed by atoms with Gasteiger partial charge in [0.1, 0.15) is 11.5 Å². The van der Waals surface area contributed by atoms with Gasteiger partial charge in [0.2, 0.25) is 0 Å². The van der Waals surface area contributed by atoms with Gasteiger partial charge in [0, 0.05) is 28.7 Å². The Labute approximate surface area is 173 Å². The standard InChI is InChI=1S/C20H20Cl2N2O2S/c1-11(2)23-20-24(12(3)4)19(25)18(27-20)10-14-6-8-17(26-14)15-9-13(21)5-7-16(15)22/h5-12H,1-4H3/b18-10+,23-20?. The summed E-state index contributed by atoms with van der Waals surface area (Å²) in [5, 5.41) is 1.85. The smallest absolute Gasteiger partial charge is 0.267 e. The van der Waals surface area contributed by atoms with E-state index in [-0.39, 0.29) is 18.0 Å². The van der Waals surface area contributed by atoms with Crippen LogP contribution in [0.2, 0.25) is 10.0 Å². The Morgan fingerprint density at radius 2 is 1.89 bits per heavy atom. The van der Waals surface area contributed by atoms with E-state index in [0.717, 1.165) is 5.17 Å². The molecule has 27 heavy (non-hydrogen) atoms. The van der Waals surface area contributed by atoms with E-state index in [1.54, 1.807) is 29.2 Å². The lowest BCUT2D eigenvalue weighted by Gasteiger charge is -2.20. The number of benzene rings is 1. The van der Waals surface area contributed by atoms with Gasteiger partial charge < -0.3 is 4.42 Å². The number of thioether (sulfide) groups is 1. The number of aliphatic imine (C=N–C) groups is 1. The highest BCUT2D eigenvalue weighted by Crippen LogP contribution is 2.36. The first-order chi connectivity index (χ1) is 12.8. The van der Waals surface area contributed by atoms with Gasteiger partial charge in [-0.05, 0) is 69.8 Å². The number of rotatable bonds is 4. The van der Waals surface area contributed by atoms with Gasteiger partial charge in [-0.1, -0.05) is 23.2 Å². The van der Waals surface area contributed by atoms with Gasteiger partial charge in [0.05, 0.1) is 9.93 Å². The van der Waals surface area contributed by atoms with Crippen molar-refractivity contribution in [2.75, 3.05) is 0 Å². The van der Waals surface area contributed by atoms with Crippen molar-refractivity contribution in [1.82, 2.24) is 4.90 Å². The van der Waals surface area contributed by atoms with Crippen molar-refractivity contribution in [2.45, 2.75) is 39.8 Å². The first kappa shape index (κ1) is 20.1. The van der Waals surface area contributed by atoms with Crippen molar-refractivity contribution in [3.05, 3.63) is 51.0 Å². The molecule has 4 nitrogen and oxygen atoms in total. The highest BCUT2D eigenvalue weighted by Gasteiger charge is 2.35. The Bertz CT molecular complexity index is 932. The normalized spacial score (nSPS) is 17.9. The third-order valence-electron chi connectivity index (χ3n) is 3.82. The van der Waals surface area contributed by atoms with Crippen LogP contribution < -0.4 is 0 Å². The highest BCUT2D eigenvalue weighted by molar-refractivity contribution is 8.18. The van der Waals surface area contributed by atoms with Crippen LogP contribution in [0, 0.1) is 0 Å². The molecule has 2 aromatic rings. The van der Waals surface area contributed by atoms with Crippen LogP contribution in [-0.2, 0) is 4.79 Å². The van der Waals surface area contributed by atoms with Crippen LogP contribution in [0.5, 0.6) is 0 Å². The molecule has 0 radical (unpaired) electrons. The third-order valence-corrected chi connectivity index (χ3v) is 5.38. The van der Waals surface area contributed by atoms with E-state index in [2.05, 4.69) is 4.99 Å². The average Bonchev–Trinajstić information content (AvgIpc) is 3.15. The second-order valence-electron chi connectivity index (χ2n) is 6.71. The molecule has 7 heteroatoms. The van der Waals surface area contributed by atoms with E-state index in [9.17, 15) is 4.79 Å². The summed E-state index contributed by atoms with van der Waals surface area (Å²) in [6.45, 7) is 7.93. The number of amidine groups is 1. The van der Waals surface area contributed by atoms with Crippen LogP contribution in [0.3, 0.4) is 0 Å². The summed E-state index contributed by atoms with van der Waals surface area (Å²) in [5.74, 6) is 1.11. The van der Waals surface area contributed by atoms with Crippen LogP contribution >= 0.6 is 35.0 Å². The first-order valence-corrected chi connectivity index (χ1v) is 10.2. The lowest BCUT2D eigenvalue weighted by Crippen LogP contribution is -2.35. The SMILES string of the molecule is CC(C)N=C1S/C(=C/c2ccc(-c3cc(Cl)ccc3Cl)o2)C(=O)N1C(C)C. The molecule has 0 aliphatic carbocycles. The van der Waals surface area contributed by atoms with Gasteiger partial charge >= 0.3 is 0 Å². The second-order valence-corrected chi connectivity index (χ2v) is 8.56. The van der Waals surface area contributed by atoms with Gasteiger partial charge in [-0.2, -0.15) is 0 Å². The molecule has 1 aliphatic rings. The number of hydrogen-bond donors (Lipinski definition) is 0. The summed E-state index contributed by atoms with van der Waals surface area (Å²) in [5.41, 5.74) is 0.713. The number of carbonyl (C=O) groups excluding carboxylic acids is 1. The summed E-state index contributed by atoms with van der Waals surface area (Å²) in [6.07, 6.45) is 1.74. The van der Waals surface area contributed by atoms with Crippen molar-refractivity contribution in [3.63, 3.8) is 0 Å². The van der Waals surface area contributed by atoms with Gasteiger partial charge in [-0.3, -0.25) is 14.7 Å². The lowest BCUT2D eigenvalue weighted by molar-refractivity contribution is -0.123. The summed E-state index contributed by atoms with van der Waals surface area (Å²) in [6, 6.07) is 8.98. The van der Waals surface area contributed by atoms with E-state index in [0.29, 0.717) is 32.0 Å². The maximum atomic E-state index is 12.8. The van der Waals surface area contributed by atoms with Crippen LogP contribution in [0.25, 0.3) is 17.4 Å². The number of halogens is 2. The molecule has 1 aromatic carbocycles. The van der Waals surface area contributed by atoms with Crippen molar-refractivity contribution in [2.24, 2.45) is 4.99 Å². The summed E-state index contributed by atoms with van der Waals surface area (Å²) in [4.78, 5) is 19.7. The largest absolute Gasteiger partial charge is 0.457 e. The molecule has 1 saturated heterocycles. The van der Waals surface area contributed by atoms with Gasteiger partial charge in [-0.25, -0.2) is 0 Å². The molecule has 1 fully saturated rings. The zero-order valence-corrected chi connectivity index (χ0v) is 17.8. The fourth-order valence-electron chi connectivity index (χ4n) is 2.64. The van der Waals surface area contributed by atoms with Crippen LogP contribution in [0.4, 0.5) is 0 Å². The van der Waals surface area contributed by atoms with Gasteiger partial charge in [0.25, 0.3) is 5.91 Å². The van der Waals surface area contributed by atoms with Crippen molar-refractivity contribution >= 4 is 52.1 Å². The fourth-order valence-corrected chi connectivity index (χ4v) is 4.24. The molecular formula is C20H20Cl2N2O2S. The Morgan fingerprint density at radius 1 is 1.15 bits per heavy atom. The highest BCUT2D eigenvalue weighted by atomic mass is 35.5. The van der Waals surface area contributed by atoms with Gasteiger partial charge in [0.15, 0.2) is 5.17 Å². The zero-order chi connectivity index (χ0) is 19.7. The number of carbonyl (C=O) groups is 1. The maximum Gasteiger partial charge on any atom is 0.267 e.